The summed E-state index contributed by atoms with van der Waals surface area (Å²) in [6, 6.07) is 0. The lowest BCUT2D eigenvalue weighted by atomic mass is 9.54. The smallest absolute Gasteiger partial charge is 0.306 e. The van der Waals surface area contributed by atoms with Gasteiger partial charge in [0.15, 0.2) is 11.4 Å². The van der Waals surface area contributed by atoms with E-state index in [1.165, 1.54) is 38.5 Å². The summed E-state index contributed by atoms with van der Waals surface area (Å²) in [7, 11) is 0. The average molecular weight is 585 g/mol. The maximum absolute atomic E-state index is 13.5. The Labute approximate surface area is 249 Å². The van der Waals surface area contributed by atoms with Crippen molar-refractivity contribution in [3.05, 3.63) is 48.1 Å². The van der Waals surface area contributed by atoms with E-state index >= 15 is 0 Å². The zero-order valence-corrected chi connectivity index (χ0v) is 25.5. The molecule has 232 valence electrons. The van der Waals surface area contributed by atoms with Gasteiger partial charge in [0.1, 0.15) is 29.5 Å². The fraction of sp³-hybridized carbons (Fsp3) is 0.735. The van der Waals surface area contributed by atoms with Crippen molar-refractivity contribution in [2.75, 3.05) is 6.61 Å². The first-order valence-electron chi connectivity index (χ1n) is 16.0. The fourth-order valence-corrected chi connectivity index (χ4v) is 8.98. The van der Waals surface area contributed by atoms with Crippen LogP contribution in [0.1, 0.15) is 85.5 Å². The van der Waals surface area contributed by atoms with Crippen LogP contribution in [0.25, 0.3) is 0 Å². The van der Waals surface area contributed by atoms with E-state index in [0.717, 1.165) is 18.4 Å². The van der Waals surface area contributed by atoms with Crippen LogP contribution in [0.3, 0.4) is 0 Å². The second kappa shape index (κ2) is 10.5. The Kier molecular flexibility index (Phi) is 7.57. The number of epoxide rings is 1. The van der Waals surface area contributed by atoms with Gasteiger partial charge in [-0.3, -0.25) is 4.79 Å². The lowest BCUT2D eigenvalue weighted by molar-refractivity contribution is -0.406. The third-order valence-electron chi connectivity index (χ3n) is 11.2. The van der Waals surface area contributed by atoms with Crippen molar-refractivity contribution in [3.8, 4) is 0 Å². The van der Waals surface area contributed by atoms with Gasteiger partial charge in [0, 0.05) is 17.9 Å². The van der Waals surface area contributed by atoms with Crippen LogP contribution < -0.4 is 0 Å². The molecule has 3 saturated heterocycles. The summed E-state index contributed by atoms with van der Waals surface area (Å²) in [5.74, 6) is -3.80. The zero-order valence-electron chi connectivity index (χ0n) is 25.5. The predicted octanol–water partition coefficient (Wildman–Crippen LogP) is 4.43. The van der Waals surface area contributed by atoms with E-state index in [1.807, 2.05) is 26.0 Å². The molecule has 11 unspecified atom stereocenters. The number of aliphatic hydroxyl groups is 3. The van der Waals surface area contributed by atoms with E-state index in [-0.39, 0.29) is 5.92 Å². The maximum Gasteiger partial charge on any atom is 0.306 e. The highest BCUT2D eigenvalue weighted by molar-refractivity contribution is 6.05. The molecule has 0 amide bonds. The number of hydrogen-bond acceptors (Lipinski definition) is 8. The molecule has 3 N–H and O–H groups in total. The van der Waals surface area contributed by atoms with E-state index in [2.05, 4.69) is 19.6 Å². The van der Waals surface area contributed by atoms with E-state index in [1.54, 1.807) is 19.1 Å². The molecule has 42 heavy (non-hydrogen) atoms. The van der Waals surface area contributed by atoms with Gasteiger partial charge in [0.2, 0.25) is 0 Å². The van der Waals surface area contributed by atoms with Crippen LogP contribution in [0.5, 0.6) is 0 Å². The molecule has 6 rings (SSSR count). The number of carbonyl (C=O) groups excluding carboxylic acids is 1. The van der Waals surface area contributed by atoms with Gasteiger partial charge >= 0.3 is 5.97 Å². The Morgan fingerprint density at radius 2 is 1.81 bits per heavy atom. The molecule has 0 spiro atoms. The third kappa shape index (κ3) is 3.95. The normalized spacial score (nSPS) is 48.4. The molecule has 5 fully saturated rings. The molecule has 8 nitrogen and oxygen atoms in total. The molecule has 0 aromatic heterocycles. The SMILES string of the molecule is C=C(C)C12CC(C)C34OC(/C=C/C=C\CCCCCCCCC)(OC1C3C1OC1(CO)C(O)C1(O)C(=O)C(C)=CC14)O2. The molecule has 8 heteroatoms. The van der Waals surface area contributed by atoms with E-state index < -0.39 is 70.9 Å². The summed E-state index contributed by atoms with van der Waals surface area (Å²) in [6.07, 6.45) is 16.9. The van der Waals surface area contributed by atoms with Gasteiger partial charge in [0.05, 0.1) is 12.2 Å². The molecule has 6 aliphatic rings. The van der Waals surface area contributed by atoms with Crippen LogP contribution in [0.4, 0.5) is 0 Å². The van der Waals surface area contributed by atoms with Crippen molar-refractivity contribution in [1.82, 2.24) is 0 Å². The highest BCUT2D eigenvalue weighted by Gasteiger charge is 2.88. The first-order valence-corrected chi connectivity index (χ1v) is 16.0. The number of fused-ring (bicyclic) bond motifs is 3. The monoisotopic (exact) mass is 584 g/mol. The number of ether oxygens (including phenoxy) is 4. The van der Waals surface area contributed by atoms with Crippen LogP contribution in [0.15, 0.2) is 48.1 Å². The van der Waals surface area contributed by atoms with Crippen LogP contribution in [0.2, 0.25) is 0 Å². The highest BCUT2D eigenvalue weighted by atomic mass is 16.9. The molecule has 11 atom stereocenters. The Morgan fingerprint density at radius 3 is 2.50 bits per heavy atom. The highest BCUT2D eigenvalue weighted by Crippen LogP contribution is 2.72. The van der Waals surface area contributed by atoms with Gasteiger partial charge in [-0.05, 0) is 50.2 Å². The van der Waals surface area contributed by atoms with E-state index in [0.29, 0.717) is 12.0 Å². The third-order valence-corrected chi connectivity index (χ3v) is 11.2. The van der Waals surface area contributed by atoms with Crippen LogP contribution in [-0.4, -0.2) is 74.4 Å². The summed E-state index contributed by atoms with van der Waals surface area (Å²) in [6.45, 7) is 11.6. The molecule has 3 aliphatic carbocycles. The molecular formula is C34H48O8. The van der Waals surface area contributed by atoms with Crippen LogP contribution >= 0.6 is 0 Å². The summed E-state index contributed by atoms with van der Waals surface area (Å²) >= 11 is 0. The summed E-state index contributed by atoms with van der Waals surface area (Å²) in [5.41, 5.74) is -4.66. The van der Waals surface area contributed by atoms with E-state index in [4.69, 9.17) is 18.9 Å². The number of aliphatic hydroxyl groups excluding tert-OH is 2. The Bertz CT molecular complexity index is 1210. The molecule has 0 aromatic rings. The molecule has 0 radical (unpaired) electrons. The van der Waals surface area contributed by atoms with Crippen LogP contribution in [-0.2, 0) is 23.7 Å². The maximum atomic E-state index is 13.5. The second-order valence-corrected chi connectivity index (χ2v) is 13.7. The summed E-state index contributed by atoms with van der Waals surface area (Å²) in [5, 5.41) is 34.2. The van der Waals surface area contributed by atoms with Crippen molar-refractivity contribution in [2.24, 2.45) is 17.8 Å². The number of hydrogen-bond donors (Lipinski definition) is 3. The predicted molar refractivity (Wildman–Crippen MR) is 156 cm³/mol. The Hall–Kier alpha value is -1.65. The average Bonchev–Trinajstić information content (AvgIpc) is 3.60. The van der Waals surface area contributed by atoms with Gasteiger partial charge in [-0.25, -0.2) is 0 Å². The minimum Gasteiger partial charge on any atom is -0.393 e. The summed E-state index contributed by atoms with van der Waals surface area (Å²) < 4.78 is 26.5. The largest absolute Gasteiger partial charge is 0.393 e. The molecule has 2 saturated carbocycles. The quantitative estimate of drug-likeness (QED) is 0.134. The lowest BCUT2D eigenvalue weighted by Crippen LogP contribution is -2.72. The van der Waals surface area contributed by atoms with Gasteiger partial charge in [0.25, 0.3) is 0 Å². The zero-order chi connectivity index (χ0) is 30.1. The molecule has 3 bridgehead atoms. The van der Waals surface area contributed by atoms with Crippen molar-refractivity contribution < 1.29 is 39.1 Å². The molecule has 3 aliphatic heterocycles. The van der Waals surface area contributed by atoms with Crippen molar-refractivity contribution in [1.29, 1.82) is 0 Å². The number of unbranched alkanes of at least 4 members (excludes halogenated alkanes) is 7. The first-order chi connectivity index (χ1) is 20.0. The topological polar surface area (TPSA) is 118 Å². The minimum atomic E-state index is -2.22. The van der Waals surface area contributed by atoms with Crippen LogP contribution in [0, 0.1) is 17.8 Å². The number of carbonyl (C=O) groups is 1. The van der Waals surface area contributed by atoms with E-state index in [9.17, 15) is 20.1 Å². The molecule has 0 aromatic carbocycles. The fourth-order valence-electron chi connectivity index (χ4n) is 8.98. The Balaban J connectivity index is 1.31. The van der Waals surface area contributed by atoms with Gasteiger partial charge in [-0.2, -0.15) is 0 Å². The number of Topliss-reactive ketones (excluding diaryl/α,β-unsaturated/α-hetero) is 1. The van der Waals surface area contributed by atoms with Gasteiger partial charge in [-0.15, -0.1) is 0 Å². The minimum absolute atomic E-state index is 0.236. The molecular weight excluding hydrogens is 536 g/mol. The number of ketones is 1. The van der Waals surface area contributed by atoms with Gasteiger partial charge < -0.3 is 34.3 Å². The standard InChI is InChI=1S/C34H48O8/c1-6-7-8-9-10-11-12-13-14-15-16-17-32-40-27-25-28-31(20-35,39-28)29(37)33(38)24(18-22(4)26(33)36)34(25,42-32)23(5)19-30(27,41-32)21(2)3/h14-18,23-25,27-29,35,37-38H,2,6-13,19-20H2,1,3-5H3/b15-14-,17-16+. The van der Waals surface area contributed by atoms with Crippen molar-refractivity contribution in [3.63, 3.8) is 0 Å². The number of allylic oxidation sites excluding steroid dienone is 3. The van der Waals surface area contributed by atoms with Crippen molar-refractivity contribution >= 4 is 5.78 Å². The Morgan fingerprint density at radius 1 is 1.10 bits per heavy atom. The number of rotatable bonds is 12. The molecule has 3 heterocycles. The second-order valence-electron chi connectivity index (χ2n) is 13.7. The first kappa shape index (κ1) is 30.4. The lowest BCUT2D eigenvalue weighted by Gasteiger charge is -2.59. The summed E-state index contributed by atoms with van der Waals surface area (Å²) in [4.78, 5) is 13.5. The van der Waals surface area contributed by atoms with Gasteiger partial charge in [-0.1, -0.05) is 83.3 Å². The van der Waals surface area contributed by atoms with Crippen molar-refractivity contribution in [2.45, 2.75) is 132 Å².